The van der Waals surface area contributed by atoms with Gasteiger partial charge in [0.25, 0.3) is 11.8 Å². The summed E-state index contributed by atoms with van der Waals surface area (Å²) in [5.41, 5.74) is 3.51. The van der Waals surface area contributed by atoms with E-state index < -0.39 is 5.54 Å². The van der Waals surface area contributed by atoms with Crippen LogP contribution in [0.15, 0.2) is 35.9 Å². The summed E-state index contributed by atoms with van der Waals surface area (Å²) in [5.74, 6) is -0.434. The van der Waals surface area contributed by atoms with Gasteiger partial charge in [-0.05, 0) is 70.7 Å². The van der Waals surface area contributed by atoms with Crippen molar-refractivity contribution in [2.75, 3.05) is 0 Å². The second kappa shape index (κ2) is 7.84. The van der Waals surface area contributed by atoms with Crippen LogP contribution >= 0.6 is 11.6 Å². The van der Waals surface area contributed by atoms with Crippen LogP contribution in [-0.4, -0.2) is 22.4 Å². The fraction of sp³-hybridized carbons (Fsp3) is 0.474. The van der Waals surface area contributed by atoms with Crippen LogP contribution in [0.3, 0.4) is 0 Å². The number of nitrogens with one attached hydrogen (secondary N) is 1. The van der Waals surface area contributed by atoms with Gasteiger partial charge in [-0.25, -0.2) is 5.01 Å². The van der Waals surface area contributed by atoms with Crippen LogP contribution in [-0.2, 0) is 4.79 Å². The molecule has 130 valence electrons. The molecule has 1 aromatic carbocycles. The number of nitrogens with zero attached hydrogens (tertiary/aromatic N) is 1. The predicted molar refractivity (Wildman–Crippen MR) is 96.7 cm³/mol. The number of halogens is 1. The third kappa shape index (κ3) is 4.84. The van der Waals surface area contributed by atoms with Crippen molar-refractivity contribution in [1.29, 1.82) is 0 Å². The Morgan fingerprint density at radius 1 is 1.08 bits per heavy atom. The Morgan fingerprint density at radius 3 is 2.38 bits per heavy atom. The average Bonchev–Trinajstić information content (AvgIpc) is 2.80. The molecule has 4 nitrogen and oxygen atoms in total. The van der Waals surface area contributed by atoms with Crippen molar-refractivity contribution in [2.24, 2.45) is 0 Å². The topological polar surface area (TPSA) is 49.4 Å². The number of carbonyl (C=O) groups excluding carboxylic acids is 2. The van der Waals surface area contributed by atoms with Gasteiger partial charge in [0, 0.05) is 16.2 Å². The molecule has 0 heterocycles. The van der Waals surface area contributed by atoms with Gasteiger partial charge < -0.3 is 0 Å². The molecule has 0 bridgehead atoms. The number of benzene rings is 1. The van der Waals surface area contributed by atoms with Crippen LogP contribution in [0.5, 0.6) is 0 Å². The predicted octanol–water partition coefficient (Wildman–Crippen LogP) is 4.50. The van der Waals surface area contributed by atoms with Gasteiger partial charge >= 0.3 is 0 Å². The lowest BCUT2D eigenvalue weighted by atomic mass is 10.0. The van der Waals surface area contributed by atoms with Crippen molar-refractivity contribution in [3.63, 3.8) is 0 Å². The first-order valence-electron chi connectivity index (χ1n) is 8.39. The van der Waals surface area contributed by atoms with E-state index in [0.717, 1.165) is 37.7 Å². The molecular weight excluding hydrogens is 324 g/mol. The summed E-state index contributed by atoms with van der Waals surface area (Å²) in [6.45, 7) is 5.72. The summed E-state index contributed by atoms with van der Waals surface area (Å²) in [5, 5.41) is 2.01. The molecular formula is C19H25ClN2O2. The quantitative estimate of drug-likeness (QED) is 0.800. The maximum Gasteiger partial charge on any atom is 0.269 e. The maximum atomic E-state index is 12.9. The van der Waals surface area contributed by atoms with E-state index in [2.05, 4.69) is 5.43 Å². The van der Waals surface area contributed by atoms with Crippen LogP contribution in [0.25, 0.3) is 0 Å². The van der Waals surface area contributed by atoms with E-state index >= 15 is 0 Å². The summed E-state index contributed by atoms with van der Waals surface area (Å²) in [6.07, 6.45) is 6.97. The number of carbonyl (C=O) groups is 2. The summed E-state index contributed by atoms with van der Waals surface area (Å²) < 4.78 is 0. The third-order valence-corrected chi connectivity index (χ3v) is 4.26. The highest BCUT2D eigenvalue weighted by Gasteiger charge is 2.30. The lowest BCUT2D eigenvalue weighted by Crippen LogP contribution is -2.56. The van der Waals surface area contributed by atoms with Crippen LogP contribution < -0.4 is 5.43 Å². The van der Waals surface area contributed by atoms with E-state index in [0.29, 0.717) is 10.6 Å². The zero-order valence-electron chi connectivity index (χ0n) is 14.6. The Morgan fingerprint density at radius 2 is 1.75 bits per heavy atom. The molecule has 1 aliphatic rings. The lowest BCUT2D eigenvalue weighted by molar-refractivity contribution is -0.135. The smallest absolute Gasteiger partial charge is 0.268 e. The number of hydrogen-bond acceptors (Lipinski definition) is 2. The Bertz CT molecular complexity index is 630. The average molecular weight is 349 g/mol. The highest BCUT2D eigenvalue weighted by atomic mass is 35.5. The Hall–Kier alpha value is -1.81. The summed E-state index contributed by atoms with van der Waals surface area (Å²) in [6, 6.07) is 6.61. The van der Waals surface area contributed by atoms with Crippen LogP contribution in [0.4, 0.5) is 0 Å². The Labute approximate surface area is 148 Å². The zero-order chi connectivity index (χ0) is 17.7. The van der Waals surface area contributed by atoms with Crippen molar-refractivity contribution in [3.05, 3.63) is 46.5 Å². The van der Waals surface area contributed by atoms with Gasteiger partial charge in [0.2, 0.25) is 0 Å². The first kappa shape index (κ1) is 18.5. The minimum atomic E-state index is -0.522. The third-order valence-electron chi connectivity index (χ3n) is 4.01. The SMILES string of the molecule is CC(C)(C)N(NC(=O)c1ccc(Cl)cc1)C(=O)C1=CCCCCC1. The van der Waals surface area contributed by atoms with Crippen LogP contribution in [0, 0.1) is 0 Å². The number of hydrogen-bond donors (Lipinski definition) is 1. The van der Waals surface area contributed by atoms with Crippen molar-refractivity contribution in [1.82, 2.24) is 10.4 Å². The van der Waals surface area contributed by atoms with Gasteiger partial charge in [-0.1, -0.05) is 24.1 Å². The molecule has 1 N–H and O–H groups in total. The Kier molecular flexibility index (Phi) is 6.05. The molecule has 1 aliphatic carbocycles. The molecule has 1 aromatic rings. The summed E-state index contributed by atoms with van der Waals surface area (Å²) in [4.78, 5) is 25.4. The molecule has 0 saturated heterocycles. The van der Waals surface area contributed by atoms with E-state index in [9.17, 15) is 9.59 Å². The normalized spacial score (nSPS) is 15.2. The standard InChI is InChI=1S/C19H25ClN2O2/c1-19(2,3)22(18(24)15-8-6-4-5-7-9-15)21-17(23)14-10-12-16(20)13-11-14/h8,10-13H,4-7,9H2,1-3H3,(H,21,23). The van der Waals surface area contributed by atoms with Gasteiger partial charge in [-0.15, -0.1) is 0 Å². The monoisotopic (exact) mass is 348 g/mol. The molecule has 0 unspecified atom stereocenters. The molecule has 0 saturated carbocycles. The minimum Gasteiger partial charge on any atom is -0.268 e. The van der Waals surface area contributed by atoms with Gasteiger partial charge in [-0.3, -0.25) is 15.0 Å². The number of hydrazine groups is 1. The second-order valence-electron chi connectivity index (χ2n) is 7.09. The largest absolute Gasteiger partial charge is 0.269 e. The fourth-order valence-electron chi connectivity index (χ4n) is 2.64. The molecule has 0 fully saturated rings. The second-order valence-corrected chi connectivity index (χ2v) is 7.52. The summed E-state index contributed by atoms with van der Waals surface area (Å²) >= 11 is 5.86. The van der Waals surface area contributed by atoms with E-state index in [1.165, 1.54) is 5.01 Å². The van der Waals surface area contributed by atoms with E-state index in [1.807, 2.05) is 26.8 Å². The van der Waals surface area contributed by atoms with Crippen molar-refractivity contribution in [2.45, 2.75) is 58.4 Å². The van der Waals surface area contributed by atoms with Crippen molar-refractivity contribution >= 4 is 23.4 Å². The molecule has 2 rings (SSSR count). The zero-order valence-corrected chi connectivity index (χ0v) is 15.3. The maximum absolute atomic E-state index is 12.9. The van der Waals surface area contributed by atoms with Gasteiger partial charge in [-0.2, -0.15) is 0 Å². The molecule has 0 aromatic heterocycles. The van der Waals surface area contributed by atoms with Gasteiger partial charge in [0.05, 0.1) is 5.54 Å². The molecule has 5 heteroatoms. The van der Waals surface area contributed by atoms with E-state index in [1.54, 1.807) is 24.3 Å². The van der Waals surface area contributed by atoms with E-state index in [-0.39, 0.29) is 11.8 Å². The fourth-order valence-corrected chi connectivity index (χ4v) is 2.77. The molecule has 24 heavy (non-hydrogen) atoms. The lowest BCUT2D eigenvalue weighted by Gasteiger charge is -2.36. The Balaban J connectivity index is 2.19. The molecule has 0 spiro atoms. The molecule has 0 aliphatic heterocycles. The number of amides is 2. The van der Waals surface area contributed by atoms with Gasteiger partial charge in [0.1, 0.15) is 0 Å². The first-order chi connectivity index (χ1) is 11.3. The van der Waals surface area contributed by atoms with E-state index in [4.69, 9.17) is 11.6 Å². The summed E-state index contributed by atoms with van der Waals surface area (Å²) in [7, 11) is 0. The van der Waals surface area contributed by atoms with Crippen LogP contribution in [0.1, 0.15) is 63.2 Å². The van der Waals surface area contributed by atoms with Crippen molar-refractivity contribution in [3.8, 4) is 0 Å². The molecule has 2 amide bonds. The number of rotatable bonds is 2. The highest BCUT2D eigenvalue weighted by Crippen LogP contribution is 2.22. The van der Waals surface area contributed by atoms with Crippen LogP contribution in [0.2, 0.25) is 5.02 Å². The molecule has 0 radical (unpaired) electrons. The van der Waals surface area contributed by atoms with Crippen molar-refractivity contribution < 1.29 is 9.59 Å². The minimum absolute atomic E-state index is 0.119. The highest BCUT2D eigenvalue weighted by molar-refractivity contribution is 6.30. The molecule has 0 atom stereocenters. The van der Waals surface area contributed by atoms with Gasteiger partial charge in [0.15, 0.2) is 0 Å². The number of allylic oxidation sites excluding steroid dienone is 1. The first-order valence-corrected chi connectivity index (χ1v) is 8.77.